The quantitative estimate of drug-likeness (QED) is 0.257. The second-order valence-electron chi connectivity index (χ2n) is 5.98. The third-order valence-corrected chi connectivity index (χ3v) is 5.41. The highest BCUT2D eigenvalue weighted by molar-refractivity contribution is 7.86. The van der Waals surface area contributed by atoms with Gasteiger partial charge in [-0.25, -0.2) is 0 Å². The molecule has 0 radical (unpaired) electrons. The molecule has 0 aromatic carbocycles. The molecule has 0 spiro atoms. The van der Waals surface area contributed by atoms with Crippen molar-refractivity contribution in [3.05, 3.63) is 10.1 Å². The number of carboxylic acids is 1. The van der Waals surface area contributed by atoms with Crippen molar-refractivity contribution < 1.29 is 19.0 Å². The summed E-state index contributed by atoms with van der Waals surface area (Å²) in [4.78, 5) is 20.7. The molecule has 0 heterocycles. The molecule has 0 aromatic heterocycles. The number of hydrogen-bond acceptors (Lipinski definition) is 4. The van der Waals surface area contributed by atoms with Crippen molar-refractivity contribution in [1.29, 1.82) is 0 Å². The molecule has 0 bridgehead atoms. The van der Waals surface area contributed by atoms with Gasteiger partial charge in [0.15, 0.2) is 0 Å². The van der Waals surface area contributed by atoms with Gasteiger partial charge in [-0.2, -0.15) is 0 Å². The monoisotopic (exact) mass is 349 g/mol. The van der Waals surface area contributed by atoms with Crippen LogP contribution in [0.4, 0.5) is 0 Å². The van der Waals surface area contributed by atoms with E-state index in [4.69, 9.17) is 5.11 Å². The van der Waals surface area contributed by atoms with Crippen LogP contribution in [0.15, 0.2) is 0 Å². The highest BCUT2D eigenvalue weighted by Crippen LogP contribution is 2.14. The zero-order chi connectivity index (χ0) is 17.5. The first-order chi connectivity index (χ1) is 11.0. The topological polar surface area (TPSA) is 97.5 Å². The lowest BCUT2D eigenvalue weighted by molar-refractivity contribution is -0.497. The fourth-order valence-corrected chi connectivity index (χ4v) is 3.59. The molecule has 6 nitrogen and oxygen atoms in total. The van der Waals surface area contributed by atoms with Gasteiger partial charge in [-0.3, -0.25) is 19.1 Å². The molecule has 7 heteroatoms. The predicted octanol–water partition coefficient (Wildman–Crippen LogP) is 4.12. The van der Waals surface area contributed by atoms with Crippen molar-refractivity contribution in [2.75, 3.05) is 5.75 Å². The van der Waals surface area contributed by atoms with Gasteiger partial charge in [-0.05, 0) is 6.42 Å². The van der Waals surface area contributed by atoms with Crippen molar-refractivity contribution in [3.63, 3.8) is 0 Å². The van der Waals surface area contributed by atoms with E-state index < -0.39 is 32.8 Å². The summed E-state index contributed by atoms with van der Waals surface area (Å²) in [6.45, 7) is 2.21. The van der Waals surface area contributed by atoms with Crippen LogP contribution < -0.4 is 0 Å². The highest BCUT2D eigenvalue weighted by atomic mass is 32.2. The van der Waals surface area contributed by atoms with Crippen molar-refractivity contribution in [1.82, 2.24) is 0 Å². The summed E-state index contributed by atoms with van der Waals surface area (Å²) in [7, 11) is -1.93. The SMILES string of the molecule is CCCCCCCCCCCCCC([N+](=O)[O-])S(=O)CC(=O)O. The van der Waals surface area contributed by atoms with Crippen molar-refractivity contribution in [3.8, 4) is 0 Å². The number of nitro groups is 1. The molecule has 0 aliphatic rings. The van der Waals surface area contributed by atoms with E-state index in [0.29, 0.717) is 6.42 Å². The maximum Gasteiger partial charge on any atom is 0.316 e. The molecule has 2 unspecified atom stereocenters. The Bertz CT molecular complexity index is 362. The van der Waals surface area contributed by atoms with Gasteiger partial charge in [-0.15, -0.1) is 0 Å². The first-order valence-corrected chi connectivity index (χ1v) is 10.1. The maximum atomic E-state index is 11.6. The van der Waals surface area contributed by atoms with E-state index in [1.807, 2.05) is 0 Å². The van der Waals surface area contributed by atoms with Gasteiger partial charge >= 0.3 is 5.97 Å². The van der Waals surface area contributed by atoms with E-state index in [0.717, 1.165) is 19.3 Å². The van der Waals surface area contributed by atoms with Crippen LogP contribution in [-0.2, 0) is 15.6 Å². The molecule has 0 amide bonds. The lowest BCUT2D eigenvalue weighted by atomic mass is 10.1. The molecule has 0 rings (SSSR count). The van der Waals surface area contributed by atoms with Crippen LogP contribution in [0.2, 0.25) is 0 Å². The zero-order valence-electron chi connectivity index (χ0n) is 14.2. The lowest BCUT2D eigenvalue weighted by Crippen LogP contribution is -2.29. The maximum absolute atomic E-state index is 11.6. The van der Waals surface area contributed by atoms with Gasteiger partial charge in [0.05, 0.1) is 0 Å². The van der Waals surface area contributed by atoms with Gasteiger partial charge in [0.1, 0.15) is 16.6 Å². The summed E-state index contributed by atoms with van der Waals surface area (Å²) in [6, 6.07) is 0. The second kappa shape index (κ2) is 14.6. The summed E-state index contributed by atoms with van der Waals surface area (Å²) in [5.41, 5.74) is 0. The summed E-state index contributed by atoms with van der Waals surface area (Å²) < 4.78 is 11.6. The smallest absolute Gasteiger partial charge is 0.316 e. The minimum Gasteiger partial charge on any atom is -0.481 e. The average molecular weight is 349 g/mol. The number of aliphatic carboxylic acids is 1. The van der Waals surface area contributed by atoms with E-state index in [9.17, 15) is 19.1 Å². The van der Waals surface area contributed by atoms with Crippen LogP contribution in [-0.4, -0.2) is 31.3 Å². The van der Waals surface area contributed by atoms with Gasteiger partial charge in [-0.1, -0.05) is 71.1 Å². The number of nitrogens with zero attached hydrogens (tertiary/aromatic N) is 1. The number of carbonyl (C=O) groups is 1. The number of carboxylic acid groups (broad SMARTS) is 1. The Morgan fingerprint density at radius 1 is 1.00 bits per heavy atom. The Morgan fingerprint density at radius 3 is 1.83 bits per heavy atom. The molecule has 0 aromatic rings. The minimum absolute atomic E-state index is 0.198. The van der Waals surface area contributed by atoms with Gasteiger partial charge in [0.2, 0.25) is 0 Å². The fraction of sp³-hybridized carbons (Fsp3) is 0.938. The molecule has 23 heavy (non-hydrogen) atoms. The van der Waals surface area contributed by atoms with E-state index in [2.05, 4.69) is 6.92 Å². The summed E-state index contributed by atoms with van der Waals surface area (Å²) in [5, 5.41) is 18.2. The Morgan fingerprint density at radius 2 is 1.43 bits per heavy atom. The second-order valence-corrected chi connectivity index (χ2v) is 7.58. The molecule has 0 aliphatic heterocycles. The Hall–Kier alpha value is -0.980. The normalized spacial score (nSPS) is 13.6. The van der Waals surface area contributed by atoms with E-state index >= 15 is 0 Å². The minimum atomic E-state index is -1.93. The lowest BCUT2D eigenvalue weighted by Gasteiger charge is -2.08. The average Bonchev–Trinajstić information content (AvgIpc) is 2.47. The van der Waals surface area contributed by atoms with Crippen LogP contribution in [0.3, 0.4) is 0 Å². The summed E-state index contributed by atoms with van der Waals surface area (Å²) in [5.74, 6) is -1.90. The first-order valence-electron chi connectivity index (χ1n) is 8.71. The Kier molecular flexibility index (Phi) is 14.0. The molecule has 136 valence electrons. The molecule has 1 N–H and O–H groups in total. The van der Waals surface area contributed by atoms with Gasteiger partial charge < -0.3 is 5.11 Å². The number of rotatable bonds is 16. The van der Waals surface area contributed by atoms with Crippen molar-refractivity contribution in [2.24, 2.45) is 0 Å². The molecular formula is C16H31NO5S. The van der Waals surface area contributed by atoms with Crippen LogP contribution in [0.5, 0.6) is 0 Å². The standard InChI is InChI=1S/C16H31NO5S/c1-2-3-4-5-6-7-8-9-10-11-12-13-15(17(20)21)23(22)14-16(18)19/h15H,2-14H2,1H3,(H,18,19). The predicted molar refractivity (Wildman–Crippen MR) is 92.5 cm³/mol. The molecule has 0 saturated carbocycles. The van der Waals surface area contributed by atoms with Crippen LogP contribution >= 0.6 is 0 Å². The first kappa shape index (κ1) is 22.0. The van der Waals surface area contributed by atoms with Crippen molar-refractivity contribution >= 4 is 16.8 Å². The highest BCUT2D eigenvalue weighted by Gasteiger charge is 2.28. The number of hydrogen-bond donors (Lipinski definition) is 1. The Labute approximate surface area is 141 Å². The summed E-state index contributed by atoms with van der Waals surface area (Å²) in [6.07, 6.45) is 12.8. The molecule has 2 atom stereocenters. The van der Waals surface area contributed by atoms with Crippen molar-refractivity contribution in [2.45, 2.75) is 89.3 Å². The fourth-order valence-electron chi connectivity index (χ4n) is 2.53. The zero-order valence-corrected chi connectivity index (χ0v) is 15.0. The largest absolute Gasteiger partial charge is 0.481 e. The third-order valence-electron chi connectivity index (χ3n) is 3.86. The number of unbranched alkanes of at least 4 members (excludes halogenated alkanes) is 10. The third kappa shape index (κ3) is 13.2. The van der Waals surface area contributed by atoms with E-state index in [1.54, 1.807) is 0 Å². The molecule has 0 fully saturated rings. The van der Waals surface area contributed by atoms with E-state index in [1.165, 1.54) is 44.9 Å². The van der Waals surface area contributed by atoms with Crippen LogP contribution in [0.1, 0.15) is 84.0 Å². The molecule has 0 aliphatic carbocycles. The Balaban J connectivity index is 3.62. The summed E-state index contributed by atoms with van der Waals surface area (Å²) >= 11 is 0. The van der Waals surface area contributed by atoms with Crippen LogP contribution in [0.25, 0.3) is 0 Å². The van der Waals surface area contributed by atoms with Gasteiger partial charge in [0, 0.05) is 11.3 Å². The molecular weight excluding hydrogens is 318 g/mol. The molecule has 0 saturated heterocycles. The van der Waals surface area contributed by atoms with E-state index in [-0.39, 0.29) is 6.42 Å². The van der Waals surface area contributed by atoms with Gasteiger partial charge in [0.25, 0.3) is 5.37 Å². The van der Waals surface area contributed by atoms with Crippen LogP contribution in [0, 0.1) is 10.1 Å².